The zero-order valence-corrected chi connectivity index (χ0v) is 11.3. The lowest BCUT2D eigenvalue weighted by atomic mass is 10.1. The number of amides is 1. The molecule has 1 aromatic rings. The van der Waals surface area contributed by atoms with Gasteiger partial charge in [0.15, 0.2) is 0 Å². The summed E-state index contributed by atoms with van der Waals surface area (Å²) < 4.78 is 0. The summed E-state index contributed by atoms with van der Waals surface area (Å²) in [7, 11) is 1.58. The summed E-state index contributed by atoms with van der Waals surface area (Å²) in [5.74, 6) is -1.18. The fourth-order valence-electron chi connectivity index (χ4n) is 2.46. The van der Waals surface area contributed by atoms with E-state index < -0.39 is 5.97 Å². The molecule has 0 spiro atoms. The number of aromatic carboxylic acids is 1. The van der Waals surface area contributed by atoms with Crippen LogP contribution in [-0.2, 0) is 4.79 Å². The van der Waals surface area contributed by atoms with Crippen molar-refractivity contribution in [2.24, 2.45) is 0 Å². The van der Waals surface area contributed by atoms with E-state index in [4.69, 9.17) is 11.6 Å². The minimum absolute atomic E-state index is 0.0555. The molecule has 0 saturated carbocycles. The van der Waals surface area contributed by atoms with Crippen molar-refractivity contribution in [3.63, 3.8) is 0 Å². The van der Waals surface area contributed by atoms with Crippen molar-refractivity contribution in [2.45, 2.75) is 18.9 Å². The minimum atomic E-state index is -1.08. The summed E-state index contributed by atoms with van der Waals surface area (Å²) in [6.07, 6.45) is 1.56. The molecule has 6 heteroatoms. The Morgan fingerprint density at radius 1 is 1.47 bits per heavy atom. The lowest BCUT2D eigenvalue weighted by Crippen LogP contribution is -2.42. The Kier molecular flexibility index (Phi) is 3.95. The molecule has 1 aliphatic rings. The first-order valence-electron chi connectivity index (χ1n) is 6.06. The highest BCUT2D eigenvalue weighted by atomic mass is 35.5. The number of anilines is 1. The summed E-state index contributed by atoms with van der Waals surface area (Å²) in [4.78, 5) is 25.0. The molecule has 1 amide bonds. The molecule has 2 N–H and O–H groups in total. The number of carbonyl (C=O) groups is 2. The fourth-order valence-corrected chi connectivity index (χ4v) is 2.71. The Balaban J connectivity index is 2.44. The third-order valence-corrected chi connectivity index (χ3v) is 3.63. The number of hydrogen-bond acceptors (Lipinski definition) is 3. The van der Waals surface area contributed by atoms with Crippen molar-refractivity contribution in [1.29, 1.82) is 0 Å². The predicted molar refractivity (Wildman–Crippen MR) is 72.8 cm³/mol. The molecular weight excluding hydrogens is 268 g/mol. The molecule has 1 aromatic carbocycles. The number of nitrogens with zero attached hydrogens (tertiary/aromatic N) is 1. The number of benzene rings is 1. The van der Waals surface area contributed by atoms with E-state index in [0.717, 1.165) is 6.42 Å². The molecule has 102 valence electrons. The third-order valence-electron chi connectivity index (χ3n) is 3.32. The smallest absolute Gasteiger partial charge is 0.339 e. The van der Waals surface area contributed by atoms with Crippen molar-refractivity contribution in [2.75, 3.05) is 18.5 Å². The Hall–Kier alpha value is -1.75. The van der Waals surface area contributed by atoms with E-state index in [1.807, 2.05) is 4.90 Å². The van der Waals surface area contributed by atoms with Crippen LogP contribution in [0.2, 0.25) is 5.02 Å². The van der Waals surface area contributed by atoms with Crippen molar-refractivity contribution in [1.82, 2.24) is 5.32 Å². The number of carbonyl (C=O) groups excluding carboxylic acids is 1. The van der Waals surface area contributed by atoms with Gasteiger partial charge in [-0.1, -0.05) is 17.7 Å². The number of nitrogens with one attached hydrogen (secondary N) is 1. The van der Waals surface area contributed by atoms with Gasteiger partial charge in [0.25, 0.3) is 0 Å². The van der Waals surface area contributed by atoms with E-state index in [2.05, 4.69) is 5.32 Å². The summed E-state index contributed by atoms with van der Waals surface area (Å²) in [5.41, 5.74) is 0.561. The lowest BCUT2D eigenvalue weighted by molar-refractivity contribution is -0.121. The normalized spacial score (nSPS) is 18.4. The second kappa shape index (κ2) is 5.48. The molecule has 5 nitrogen and oxygen atoms in total. The molecule has 1 aliphatic heterocycles. The van der Waals surface area contributed by atoms with Gasteiger partial charge in [0.1, 0.15) is 11.6 Å². The van der Waals surface area contributed by atoms with E-state index in [0.29, 0.717) is 18.7 Å². The van der Waals surface area contributed by atoms with Gasteiger partial charge in [0, 0.05) is 13.6 Å². The average molecular weight is 283 g/mol. The van der Waals surface area contributed by atoms with E-state index in [1.165, 1.54) is 0 Å². The van der Waals surface area contributed by atoms with Gasteiger partial charge in [-0.2, -0.15) is 0 Å². The maximum atomic E-state index is 11.8. The van der Waals surface area contributed by atoms with Crippen LogP contribution in [0.4, 0.5) is 5.69 Å². The lowest BCUT2D eigenvalue weighted by Gasteiger charge is -2.27. The molecule has 0 radical (unpaired) electrons. The van der Waals surface area contributed by atoms with Crippen LogP contribution >= 0.6 is 11.6 Å². The van der Waals surface area contributed by atoms with E-state index >= 15 is 0 Å². The molecule has 1 atom stereocenters. The third kappa shape index (κ3) is 2.51. The second-order valence-corrected chi connectivity index (χ2v) is 4.81. The summed E-state index contributed by atoms with van der Waals surface area (Å²) in [5, 5.41) is 12.1. The average Bonchev–Trinajstić information content (AvgIpc) is 2.86. The minimum Gasteiger partial charge on any atom is -0.478 e. The maximum absolute atomic E-state index is 11.8. The monoisotopic (exact) mass is 282 g/mol. The fraction of sp³-hybridized carbons (Fsp3) is 0.385. The van der Waals surface area contributed by atoms with Crippen LogP contribution < -0.4 is 10.2 Å². The predicted octanol–water partition coefficient (Wildman–Crippen LogP) is 1.75. The van der Waals surface area contributed by atoms with Crippen LogP contribution in [-0.4, -0.2) is 36.6 Å². The maximum Gasteiger partial charge on any atom is 0.339 e. The molecule has 1 unspecified atom stereocenters. The Morgan fingerprint density at radius 3 is 2.84 bits per heavy atom. The molecular formula is C13H15ClN2O3. The molecule has 19 heavy (non-hydrogen) atoms. The number of carboxylic acids is 1. The van der Waals surface area contributed by atoms with Crippen LogP contribution in [0, 0.1) is 0 Å². The number of hydrogen-bond donors (Lipinski definition) is 2. The van der Waals surface area contributed by atoms with E-state index in [-0.39, 0.29) is 22.5 Å². The van der Waals surface area contributed by atoms with Gasteiger partial charge in [-0.05, 0) is 25.0 Å². The summed E-state index contributed by atoms with van der Waals surface area (Å²) in [6, 6.07) is 4.60. The number of carboxylic acid groups (broad SMARTS) is 1. The van der Waals surface area contributed by atoms with Crippen molar-refractivity contribution in [3.8, 4) is 0 Å². The zero-order valence-electron chi connectivity index (χ0n) is 10.5. The highest BCUT2D eigenvalue weighted by Crippen LogP contribution is 2.32. The van der Waals surface area contributed by atoms with Crippen LogP contribution in [0.5, 0.6) is 0 Å². The van der Waals surface area contributed by atoms with Crippen molar-refractivity contribution >= 4 is 29.2 Å². The first-order chi connectivity index (χ1) is 9.06. The van der Waals surface area contributed by atoms with Gasteiger partial charge in [0.05, 0.1) is 10.7 Å². The van der Waals surface area contributed by atoms with Crippen LogP contribution in [0.3, 0.4) is 0 Å². The highest BCUT2D eigenvalue weighted by molar-refractivity contribution is 6.34. The summed E-state index contributed by atoms with van der Waals surface area (Å²) >= 11 is 5.96. The Bertz CT molecular complexity index is 519. The van der Waals surface area contributed by atoms with Gasteiger partial charge < -0.3 is 15.3 Å². The van der Waals surface area contributed by atoms with Crippen molar-refractivity contribution < 1.29 is 14.7 Å². The first kappa shape index (κ1) is 13.7. The number of halogens is 1. The number of rotatable bonds is 3. The molecule has 0 aliphatic carbocycles. The largest absolute Gasteiger partial charge is 0.478 e. The van der Waals surface area contributed by atoms with Gasteiger partial charge in [-0.15, -0.1) is 0 Å². The van der Waals surface area contributed by atoms with E-state index in [9.17, 15) is 14.7 Å². The van der Waals surface area contributed by atoms with Crippen LogP contribution in [0.15, 0.2) is 18.2 Å². The molecule has 2 rings (SSSR count). The first-order valence-corrected chi connectivity index (χ1v) is 6.44. The molecule has 0 aromatic heterocycles. The number of likely N-dealkylation sites (N-methyl/N-ethyl adjacent to an activating group) is 1. The second-order valence-electron chi connectivity index (χ2n) is 4.40. The van der Waals surface area contributed by atoms with Gasteiger partial charge in [0.2, 0.25) is 5.91 Å². The van der Waals surface area contributed by atoms with Crippen molar-refractivity contribution in [3.05, 3.63) is 28.8 Å². The van der Waals surface area contributed by atoms with Crippen LogP contribution in [0.1, 0.15) is 23.2 Å². The van der Waals surface area contributed by atoms with E-state index in [1.54, 1.807) is 25.2 Å². The van der Waals surface area contributed by atoms with Gasteiger partial charge in [-0.3, -0.25) is 4.79 Å². The standard InChI is InChI=1S/C13H15ClN2O3/c1-15-12(17)10-6-3-7-16(10)9-5-2-4-8(14)11(9)13(18)19/h2,4-5,10H,3,6-7H2,1H3,(H,15,17)(H,18,19). The highest BCUT2D eigenvalue weighted by Gasteiger charge is 2.32. The molecule has 1 heterocycles. The molecule has 1 fully saturated rings. The van der Waals surface area contributed by atoms with Gasteiger partial charge >= 0.3 is 5.97 Å². The molecule has 0 bridgehead atoms. The summed E-state index contributed by atoms with van der Waals surface area (Å²) in [6.45, 7) is 0.651. The van der Waals surface area contributed by atoms with Crippen LogP contribution in [0.25, 0.3) is 0 Å². The Labute approximate surface area is 116 Å². The topological polar surface area (TPSA) is 69.6 Å². The quantitative estimate of drug-likeness (QED) is 0.886. The zero-order chi connectivity index (χ0) is 14.0. The van der Waals surface area contributed by atoms with Gasteiger partial charge in [-0.25, -0.2) is 4.79 Å². The Morgan fingerprint density at radius 2 is 2.21 bits per heavy atom. The SMILES string of the molecule is CNC(=O)C1CCCN1c1cccc(Cl)c1C(=O)O. The molecule has 1 saturated heterocycles.